The van der Waals surface area contributed by atoms with Gasteiger partial charge in [-0.25, -0.2) is 5.43 Å². The third-order valence-corrected chi connectivity index (χ3v) is 2.51. The van der Waals surface area contributed by atoms with E-state index in [2.05, 4.69) is 15.7 Å². The number of nitrogens with one attached hydrogen (secondary N) is 1. The molecule has 0 aliphatic carbocycles. The molecule has 1 aromatic carbocycles. The molecule has 0 aliphatic heterocycles. The van der Waals surface area contributed by atoms with Crippen LogP contribution >= 0.6 is 0 Å². The van der Waals surface area contributed by atoms with Gasteiger partial charge in [-0.15, -0.1) is 0 Å². The number of carbonyl (C=O) groups excluding carboxylic acids is 1. The highest BCUT2D eigenvalue weighted by molar-refractivity contribution is 5.93. The molecule has 0 saturated heterocycles. The number of carbonyl (C=O) groups is 1. The maximum Gasteiger partial charge on any atom is 0.293 e. The van der Waals surface area contributed by atoms with Crippen LogP contribution < -0.4 is 5.43 Å². The van der Waals surface area contributed by atoms with Crippen molar-refractivity contribution in [1.82, 2.24) is 10.6 Å². The first kappa shape index (κ1) is 13.0. The predicted octanol–water partition coefficient (Wildman–Crippen LogP) is 2.33. The molecule has 1 aromatic heterocycles. The zero-order valence-corrected chi connectivity index (χ0v) is 10.9. The number of hydrogen-bond donors (Lipinski definition) is 1. The Hall–Kier alpha value is -2.43. The Morgan fingerprint density at radius 3 is 2.74 bits per heavy atom. The minimum absolute atomic E-state index is 0.230. The van der Waals surface area contributed by atoms with E-state index in [4.69, 9.17) is 4.52 Å². The van der Waals surface area contributed by atoms with Gasteiger partial charge in [0.2, 0.25) is 0 Å². The molecule has 5 heteroatoms. The summed E-state index contributed by atoms with van der Waals surface area (Å²) in [5.74, 6) is 0.222. The van der Waals surface area contributed by atoms with Gasteiger partial charge in [0.1, 0.15) is 5.76 Å². The Bertz CT molecular complexity index is 588. The average Bonchev–Trinajstić information content (AvgIpc) is 2.84. The second-order valence-corrected chi connectivity index (χ2v) is 4.27. The summed E-state index contributed by atoms with van der Waals surface area (Å²) in [5, 5.41) is 7.66. The molecule has 0 radical (unpaired) electrons. The van der Waals surface area contributed by atoms with Crippen molar-refractivity contribution >= 4 is 11.6 Å². The fourth-order valence-corrected chi connectivity index (χ4v) is 1.61. The van der Waals surface area contributed by atoms with Crippen molar-refractivity contribution < 1.29 is 9.32 Å². The summed E-state index contributed by atoms with van der Waals surface area (Å²) in [7, 11) is 0. The molecule has 2 rings (SSSR count). The van der Waals surface area contributed by atoms with E-state index in [9.17, 15) is 4.79 Å². The molecule has 1 amide bonds. The maximum atomic E-state index is 11.7. The van der Waals surface area contributed by atoms with E-state index >= 15 is 0 Å². The summed E-state index contributed by atoms with van der Waals surface area (Å²) in [6, 6.07) is 11.5. The molecule has 0 spiro atoms. The van der Waals surface area contributed by atoms with Crippen LogP contribution in [0.1, 0.15) is 28.7 Å². The van der Waals surface area contributed by atoms with E-state index in [0.29, 0.717) is 12.2 Å². The van der Waals surface area contributed by atoms with Crippen LogP contribution in [-0.4, -0.2) is 16.8 Å². The molecule has 5 nitrogen and oxygen atoms in total. The van der Waals surface area contributed by atoms with Gasteiger partial charge in [0.25, 0.3) is 5.91 Å². The number of hydrogen-bond acceptors (Lipinski definition) is 4. The minimum Gasteiger partial charge on any atom is -0.361 e. The predicted molar refractivity (Wildman–Crippen MR) is 72.0 cm³/mol. The van der Waals surface area contributed by atoms with E-state index in [0.717, 1.165) is 11.3 Å². The van der Waals surface area contributed by atoms with Crippen molar-refractivity contribution in [2.45, 2.75) is 20.3 Å². The van der Waals surface area contributed by atoms with Crippen LogP contribution in [0.15, 0.2) is 46.0 Å². The third kappa shape index (κ3) is 3.77. The highest BCUT2D eigenvalue weighted by atomic mass is 16.5. The first-order valence-corrected chi connectivity index (χ1v) is 5.96. The zero-order valence-electron chi connectivity index (χ0n) is 10.9. The van der Waals surface area contributed by atoms with Crippen LogP contribution in [0.3, 0.4) is 0 Å². The van der Waals surface area contributed by atoms with Crippen LogP contribution in [0.2, 0.25) is 0 Å². The molecule has 1 N–H and O–H groups in total. The van der Waals surface area contributed by atoms with Gasteiger partial charge in [0.05, 0.1) is 0 Å². The summed E-state index contributed by atoms with van der Waals surface area (Å²) < 4.78 is 4.83. The molecule has 98 valence electrons. The highest BCUT2D eigenvalue weighted by Crippen LogP contribution is 2.02. The summed E-state index contributed by atoms with van der Waals surface area (Å²) in [6.07, 6.45) is 0.693. The Balaban J connectivity index is 1.93. The van der Waals surface area contributed by atoms with E-state index < -0.39 is 0 Å². The monoisotopic (exact) mass is 257 g/mol. The van der Waals surface area contributed by atoms with E-state index in [-0.39, 0.29) is 11.6 Å². The molecule has 19 heavy (non-hydrogen) atoms. The quantitative estimate of drug-likeness (QED) is 0.675. The van der Waals surface area contributed by atoms with Crippen LogP contribution in [0, 0.1) is 6.92 Å². The molecule has 0 saturated carbocycles. The Kier molecular flexibility index (Phi) is 4.07. The van der Waals surface area contributed by atoms with Crippen LogP contribution in [0.4, 0.5) is 0 Å². The lowest BCUT2D eigenvalue weighted by molar-refractivity contribution is 0.0945. The first-order chi connectivity index (χ1) is 9.15. The standard InChI is InChI=1S/C14H15N3O2/c1-10(8-12-6-4-3-5-7-12)15-16-14(18)13-9-11(2)19-17-13/h3-7,9H,8H2,1-2H3,(H,16,18)/b15-10-. The summed E-state index contributed by atoms with van der Waals surface area (Å²) in [4.78, 5) is 11.7. The van der Waals surface area contributed by atoms with Gasteiger partial charge < -0.3 is 4.52 Å². The second kappa shape index (κ2) is 5.95. The molecule has 2 aromatic rings. The zero-order chi connectivity index (χ0) is 13.7. The lowest BCUT2D eigenvalue weighted by atomic mass is 10.1. The van der Waals surface area contributed by atoms with Crippen molar-refractivity contribution in [3.63, 3.8) is 0 Å². The maximum absolute atomic E-state index is 11.7. The summed E-state index contributed by atoms with van der Waals surface area (Å²) in [6.45, 7) is 3.59. The lowest BCUT2D eigenvalue weighted by Gasteiger charge is -2.01. The largest absolute Gasteiger partial charge is 0.361 e. The third-order valence-electron chi connectivity index (χ3n) is 2.51. The smallest absolute Gasteiger partial charge is 0.293 e. The van der Waals surface area contributed by atoms with Crippen molar-refractivity contribution in [3.8, 4) is 0 Å². The van der Waals surface area contributed by atoms with Crippen LogP contribution in [0.5, 0.6) is 0 Å². The fraction of sp³-hybridized carbons (Fsp3) is 0.214. The lowest BCUT2D eigenvalue weighted by Crippen LogP contribution is -2.19. The minimum atomic E-state index is -0.371. The normalized spacial score (nSPS) is 11.4. The number of hydrazone groups is 1. The van der Waals surface area contributed by atoms with Crippen molar-refractivity contribution in [1.29, 1.82) is 0 Å². The second-order valence-electron chi connectivity index (χ2n) is 4.27. The van der Waals surface area contributed by atoms with Gasteiger partial charge >= 0.3 is 0 Å². The summed E-state index contributed by atoms with van der Waals surface area (Å²) >= 11 is 0. The molecule has 0 aliphatic rings. The Morgan fingerprint density at radius 1 is 1.37 bits per heavy atom. The average molecular weight is 257 g/mol. The number of benzene rings is 1. The van der Waals surface area contributed by atoms with Gasteiger partial charge in [-0.05, 0) is 19.4 Å². The van der Waals surface area contributed by atoms with Crippen LogP contribution in [-0.2, 0) is 6.42 Å². The molecule has 0 atom stereocenters. The molecule has 1 heterocycles. The highest BCUT2D eigenvalue weighted by Gasteiger charge is 2.09. The molecule has 0 unspecified atom stereocenters. The van der Waals surface area contributed by atoms with Crippen molar-refractivity contribution in [2.24, 2.45) is 5.10 Å². The SMILES string of the molecule is C/C(Cc1ccccc1)=N/NC(=O)c1cc(C)on1. The number of nitrogens with zero attached hydrogens (tertiary/aromatic N) is 2. The molecular formula is C14H15N3O2. The van der Waals surface area contributed by atoms with E-state index in [1.54, 1.807) is 13.0 Å². The van der Waals surface area contributed by atoms with Crippen molar-refractivity contribution in [3.05, 3.63) is 53.4 Å². The Labute approximate surface area is 111 Å². The molecule has 0 fully saturated rings. The number of rotatable bonds is 4. The fourth-order valence-electron chi connectivity index (χ4n) is 1.61. The number of aromatic nitrogens is 1. The van der Waals surface area contributed by atoms with E-state index in [1.165, 1.54) is 0 Å². The molecular weight excluding hydrogens is 242 g/mol. The van der Waals surface area contributed by atoms with Crippen LogP contribution in [0.25, 0.3) is 0 Å². The topological polar surface area (TPSA) is 67.5 Å². The van der Waals surface area contributed by atoms with Gasteiger partial charge in [-0.3, -0.25) is 4.79 Å². The molecule has 0 bridgehead atoms. The number of aryl methyl sites for hydroxylation is 1. The van der Waals surface area contributed by atoms with E-state index in [1.807, 2.05) is 37.3 Å². The van der Waals surface area contributed by atoms with Gasteiger partial charge in [0, 0.05) is 18.2 Å². The van der Waals surface area contributed by atoms with Crippen molar-refractivity contribution in [2.75, 3.05) is 0 Å². The van der Waals surface area contributed by atoms with Gasteiger partial charge in [-0.1, -0.05) is 35.5 Å². The summed E-state index contributed by atoms with van der Waals surface area (Å²) in [5.41, 5.74) is 4.66. The first-order valence-electron chi connectivity index (χ1n) is 5.96. The van der Waals surface area contributed by atoms with Gasteiger partial charge in [0.15, 0.2) is 5.69 Å². The van der Waals surface area contributed by atoms with Gasteiger partial charge in [-0.2, -0.15) is 5.10 Å². The Morgan fingerprint density at radius 2 is 2.11 bits per heavy atom. The number of amides is 1.